The molecule has 0 amide bonds. The van der Waals surface area contributed by atoms with Crippen LogP contribution in [-0.4, -0.2) is 32.0 Å². The standard InChI is InChI=1S/C13H29NO2S/c1-11(2)9-14-10-12(3)7-8-17(15,16)13(4,5)6/h11-12,14H,7-10H2,1-6H3. The number of nitrogens with one attached hydrogen (secondary N) is 1. The van der Waals surface area contributed by atoms with E-state index in [4.69, 9.17) is 0 Å². The van der Waals surface area contributed by atoms with E-state index in [0.717, 1.165) is 19.5 Å². The molecular formula is C13H29NO2S. The Hall–Kier alpha value is -0.0900. The van der Waals surface area contributed by atoms with Gasteiger partial charge in [0.1, 0.15) is 0 Å². The third kappa shape index (κ3) is 7.04. The topological polar surface area (TPSA) is 46.2 Å². The Kier molecular flexibility index (Phi) is 6.70. The fraction of sp³-hybridized carbons (Fsp3) is 1.00. The third-order valence-corrected chi connectivity index (χ3v) is 5.50. The van der Waals surface area contributed by atoms with E-state index in [1.54, 1.807) is 20.8 Å². The molecule has 0 fully saturated rings. The lowest BCUT2D eigenvalue weighted by Gasteiger charge is -2.21. The Morgan fingerprint density at radius 1 is 1.06 bits per heavy atom. The molecular weight excluding hydrogens is 234 g/mol. The molecule has 0 aliphatic heterocycles. The lowest BCUT2D eigenvalue weighted by atomic mass is 10.1. The molecule has 0 aliphatic rings. The molecule has 3 nitrogen and oxygen atoms in total. The van der Waals surface area contributed by atoms with Crippen molar-refractivity contribution in [3.8, 4) is 0 Å². The molecule has 0 heterocycles. The van der Waals surface area contributed by atoms with Crippen LogP contribution in [0.15, 0.2) is 0 Å². The molecule has 17 heavy (non-hydrogen) atoms. The van der Waals surface area contributed by atoms with Crippen molar-refractivity contribution in [2.75, 3.05) is 18.8 Å². The van der Waals surface area contributed by atoms with Crippen molar-refractivity contribution in [3.63, 3.8) is 0 Å². The Bertz CT molecular complexity index is 302. The number of sulfone groups is 1. The van der Waals surface area contributed by atoms with Gasteiger partial charge in [0.05, 0.1) is 10.5 Å². The zero-order valence-electron chi connectivity index (χ0n) is 12.2. The highest BCUT2D eigenvalue weighted by Gasteiger charge is 2.28. The predicted octanol–water partition coefficient (Wildman–Crippen LogP) is 2.47. The van der Waals surface area contributed by atoms with Crippen LogP contribution in [0.1, 0.15) is 48.0 Å². The summed E-state index contributed by atoms with van der Waals surface area (Å²) in [4.78, 5) is 0. The minimum absolute atomic E-state index is 0.293. The first kappa shape index (κ1) is 16.9. The Balaban J connectivity index is 3.97. The summed E-state index contributed by atoms with van der Waals surface area (Å²) in [5, 5.41) is 3.36. The minimum Gasteiger partial charge on any atom is -0.316 e. The molecule has 0 bridgehead atoms. The maximum absolute atomic E-state index is 11.9. The summed E-state index contributed by atoms with van der Waals surface area (Å²) in [6.07, 6.45) is 0.741. The van der Waals surface area contributed by atoms with E-state index in [1.165, 1.54) is 0 Å². The van der Waals surface area contributed by atoms with Gasteiger partial charge in [0.25, 0.3) is 0 Å². The van der Waals surface area contributed by atoms with Crippen molar-refractivity contribution >= 4 is 9.84 Å². The molecule has 0 aromatic rings. The quantitative estimate of drug-likeness (QED) is 0.767. The van der Waals surface area contributed by atoms with Crippen LogP contribution in [0.3, 0.4) is 0 Å². The largest absolute Gasteiger partial charge is 0.316 e. The second kappa shape index (κ2) is 6.74. The zero-order valence-corrected chi connectivity index (χ0v) is 13.0. The van der Waals surface area contributed by atoms with Gasteiger partial charge in [-0.05, 0) is 52.1 Å². The van der Waals surface area contributed by atoms with Gasteiger partial charge in [-0.3, -0.25) is 0 Å². The Labute approximate surface area is 107 Å². The smallest absolute Gasteiger partial charge is 0.155 e. The van der Waals surface area contributed by atoms with E-state index in [-0.39, 0.29) is 0 Å². The SMILES string of the molecule is CC(C)CNCC(C)CCS(=O)(=O)C(C)(C)C. The van der Waals surface area contributed by atoms with Crippen LogP contribution in [0.2, 0.25) is 0 Å². The van der Waals surface area contributed by atoms with Gasteiger partial charge < -0.3 is 5.32 Å². The number of hydrogen-bond donors (Lipinski definition) is 1. The van der Waals surface area contributed by atoms with Gasteiger partial charge in [0.15, 0.2) is 9.84 Å². The molecule has 0 aromatic carbocycles. The Morgan fingerprint density at radius 2 is 1.59 bits per heavy atom. The van der Waals surface area contributed by atoms with E-state index < -0.39 is 14.6 Å². The number of rotatable bonds is 7. The summed E-state index contributed by atoms with van der Waals surface area (Å²) in [7, 11) is -2.96. The Morgan fingerprint density at radius 3 is 2.00 bits per heavy atom. The molecule has 0 saturated heterocycles. The van der Waals surface area contributed by atoms with Gasteiger partial charge in [-0.2, -0.15) is 0 Å². The molecule has 1 N–H and O–H groups in total. The number of hydrogen-bond acceptors (Lipinski definition) is 3. The third-order valence-electron chi connectivity index (χ3n) is 2.86. The second-order valence-corrected chi connectivity index (χ2v) is 9.24. The lowest BCUT2D eigenvalue weighted by Crippen LogP contribution is -2.32. The summed E-state index contributed by atoms with van der Waals surface area (Å²) in [6, 6.07) is 0. The van der Waals surface area contributed by atoms with E-state index in [0.29, 0.717) is 17.6 Å². The monoisotopic (exact) mass is 263 g/mol. The van der Waals surface area contributed by atoms with Crippen LogP contribution in [0.25, 0.3) is 0 Å². The van der Waals surface area contributed by atoms with E-state index in [1.807, 2.05) is 0 Å². The second-order valence-electron chi connectivity index (χ2n) is 6.38. The van der Waals surface area contributed by atoms with Gasteiger partial charge in [-0.25, -0.2) is 8.42 Å². The van der Waals surface area contributed by atoms with Gasteiger partial charge in [-0.15, -0.1) is 0 Å². The molecule has 0 aliphatic carbocycles. The molecule has 104 valence electrons. The fourth-order valence-electron chi connectivity index (χ4n) is 1.38. The predicted molar refractivity (Wildman–Crippen MR) is 75.0 cm³/mol. The zero-order chi connectivity index (χ0) is 13.7. The first-order valence-corrected chi connectivity index (χ1v) is 8.14. The van der Waals surface area contributed by atoms with Gasteiger partial charge in [-0.1, -0.05) is 20.8 Å². The van der Waals surface area contributed by atoms with E-state index in [9.17, 15) is 8.42 Å². The summed E-state index contributed by atoms with van der Waals surface area (Å²) in [5.74, 6) is 1.34. The van der Waals surface area contributed by atoms with Crippen molar-refractivity contribution in [1.29, 1.82) is 0 Å². The molecule has 1 atom stereocenters. The summed E-state index contributed by atoms with van der Waals surface area (Å²) in [6.45, 7) is 13.6. The highest BCUT2D eigenvalue weighted by Crippen LogP contribution is 2.18. The van der Waals surface area contributed by atoms with Crippen LogP contribution < -0.4 is 5.32 Å². The van der Waals surface area contributed by atoms with Crippen molar-refractivity contribution in [2.45, 2.75) is 52.7 Å². The molecule has 0 spiro atoms. The maximum Gasteiger partial charge on any atom is 0.155 e. The van der Waals surface area contributed by atoms with E-state index in [2.05, 4.69) is 26.1 Å². The average Bonchev–Trinajstić information content (AvgIpc) is 2.12. The van der Waals surface area contributed by atoms with Crippen molar-refractivity contribution in [1.82, 2.24) is 5.32 Å². The first-order valence-electron chi connectivity index (χ1n) is 6.49. The molecule has 0 rings (SSSR count). The van der Waals surface area contributed by atoms with Crippen LogP contribution in [-0.2, 0) is 9.84 Å². The van der Waals surface area contributed by atoms with Crippen LogP contribution in [0.4, 0.5) is 0 Å². The van der Waals surface area contributed by atoms with Gasteiger partial charge >= 0.3 is 0 Å². The van der Waals surface area contributed by atoms with Crippen molar-refractivity contribution < 1.29 is 8.42 Å². The van der Waals surface area contributed by atoms with Gasteiger partial charge in [0, 0.05) is 0 Å². The summed E-state index contributed by atoms with van der Waals surface area (Å²) >= 11 is 0. The van der Waals surface area contributed by atoms with Crippen LogP contribution >= 0.6 is 0 Å². The highest BCUT2D eigenvalue weighted by molar-refractivity contribution is 7.92. The maximum atomic E-state index is 11.9. The average molecular weight is 263 g/mol. The van der Waals surface area contributed by atoms with E-state index >= 15 is 0 Å². The lowest BCUT2D eigenvalue weighted by molar-refractivity contribution is 0.462. The molecule has 0 radical (unpaired) electrons. The first-order chi connectivity index (χ1) is 7.56. The molecule has 1 unspecified atom stereocenters. The molecule has 0 saturated carbocycles. The summed E-state index contributed by atoms with van der Waals surface area (Å²) < 4.78 is 23.2. The molecule has 4 heteroatoms. The minimum atomic E-state index is -2.96. The summed E-state index contributed by atoms with van der Waals surface area (Å²) in [5.41, 5.74) is 0. The van der Waals surface area contributed by atoms with Crippen LogP contribution in [0, 0.1) is 11.8 Å². The normalized spacial score (nSPS) is 15.2. The molecule has 0 aromatic heterocycles. The van der Waals surface area contributed by atoms with Crippen molar-refractivity contribution in [2.24, 2.45) is 11.8 Å². The fourth-order valence-corrected chi connectivity index (χ4v) is 2.71. The highest BCUT2D eigenvalue weighted by atomic mass is 32.2. The van der Waals surface area contributed by atoms with Crippen LogP contribution in [0.5, 0.6) is 0 Å². The van der Waals surface area contributed by atoms with Gasteiger partial charge in [0.2, 0.25) is 0 Å². The van der Waals surface area contributed by atoms with Crippen molar-refractivity contribution in [3.05, 3.63) is 0 Å².